The van der Waals surface area contributed by atoms with Gasteiger partial charge in [-0.1, -0.05) is 0 Å². The summed E-state index contributed by atoms with van der Waals surface area (Å²) in [6.45, 7) is 3.82. The molecule has 1 heterocycles. The Labute approximate surface area is 76.3 Å². The number of hydrogen-bond acceptors (Lipinski definition) is 3. The molecule has 13 heavy (non-hydrogen) atoms. The lowest BCUT2D eigenvalue weighted by Gasteiger charge is -2.01. The van der Waals surface area contributed by atoms with Gasteiger partial charge in [0.2, 0.25) is 0 Å². The molecule has 0 aliphatic rings. The maximum absolute atomic E-state index is 5.38. The van der Waals surface area contributed by atoms with Crippen LogP contribution in [0.3, 0.4) is 0 Å². The van der Waals surface area contributed by atoms with E-state index in [1.165, 1.54) is 0 Å². The molecule has 1 aromatic heterocycles. The van der Waals surface area contributed by atoms with Gasteiger partial charge in [-0.15, -0.1) is 0 Å². The molecule has 0 saturated heterocycles. The summed E-state index contributed by atoms with van der Waals surface area (Å²) in [5.41, 5.74) is 2.72. The fourth-order valence-corrected chi connectivity index (χ4v) is 1.39. The van der Waals surface area contributed by atoms with Gasteiger partial charge in [-0.3, -0.25) is 0 Å². The number of hydrogen-bond donors (Lipinski definition) is 0. The van der Waals surface area contributed by atoms with Crippen LogP contribution < -0.4 is 4.74 Å². The second-order valence-electron chi connectivity index (χ2n) is 3.02. The predicted molar refractivity (Wildman–Crippen MR) is 50.0 cm³/mol. The van der Waals surface area contributed by atoms with Crippen molar-refractivity contribution in [1.82, 2.24) is 4.98 Å². The second-order valence-corrected chi connectivity index (χ2v) is 3.02. The van der Waals surface area contributed by atoms with Gasteiger partial charge in [0.15, 0.2) is 11.5 Å². The molecule has 0 amide bonds. The molecule has 2 aromatic rings. The van der Waals surface area contributed by atoms with E-state index in [0.717, 1.165) is 22.4 Å². The summed E-state index contributed by atoms with van der Waals surface area (Å²) >= 11 is 0. The molecule has 0 aliphatic carbocycles. The van der Waals surface area contributed by atoms with Crippen molar-refractivity contribution in [3.05, 3.63) is 23.6 Å². The molecule has 0 saturated carbocycles. The first-order valence-electron chi connectivity index (χ1n) is 4.12. The van der Waals surface area contributed by atoms with Crippen LogP contribution in [0.15, 0.2) is 16.5 Å². The van der Waals surface area contributed by atoms with Gasteiger partial charge in [-0.05, 0) is 18.6 Å². The first-order chi connectivity index (χ1) is 6.20. The standard InChI is InChI=1S/C10H11NO2/c1-6-4-10-8(5-9(6)12-3)11-7(2)13-10/h4-5H,1-3H3. The van der Waals surface area contributed by atoms with Crippen LogP contribution in [-0.4, -0.2) is 12.1 Å². The molecular formula is C10H11NO2. The number of methoxy groups -OCH3 is 1. The Balaban J connectivity index is 2.72. The highest BCUT2D eigenvalue weighted by molar-refractivity contribution is 5.76. The van der Waals surface area contributed by atoms with E-state index in [9.17, 15) is 0 Å². The maximum Gasteiger partial charge on any atom is 0.192 e. The number of nitrogens with zero attached hydrogens (tertiary/aromatic N) is 1. The number of aromatic nitrogens is 1. The number of aryl methyl sites for hydroxylation is 2. The zero-order chi connectivity index (χ0) is 9.42. The van der Waals surface area contributed by atoms with Crippen molar-refractivity contribution in [2.75, 3.05) is 7.11 Å². The summed E-state index contributed by atoms with van der Waals surface area (Å²) in [4.78, 5) is 4.22. The van der Waals surface area contributed by atoms with E-state index in [4.69, 9.17) is 9.15 Å². The van der Waals surface area contributed by atoms with Gasteiger partial charge in [0, 0.05) is 13.0 Å². The van der Waals surface area contributed by atoms with E-state index in [1.54, 1.807) is 7.11 Å². The SMILES string of the molecule is COc1cc2nc(C)oc2cc1C. The zero-order valence-corrected chi connectivity index (χ0v) is 7.92. The van der Waals surface area contributed by atoms with E-state index in [2.05, 4.69) is 4.98 Å². The van der Waals surface area contributed by atoms with E-state index in [-0.39, 0.29) is 0 Å². The Bertz CT molecular complexity index is 445. The summed E-state index contributed by atoms with van der Waals surface area (Å²) in [5, 5.41) is 0. The van der Waals surface area contributed by atoms with Gasteiger partial charge in [-0.2, -0.15) is 0 Å². The van der Waals surface area contributed by atoms with Gasteiger partial charge in [0.1, 0.15) is 11.3 Å². The number of ether oxygens (including phenoxy) is 1. The molecule has 1 aromatic carbocycles. The van der Waals surface area contributed by atoms with Crippen LogP contribution in [0.5, 0.6) is 5.75 Å². The van der Waals surface area contributed by atoms with Gasteiger partial charge < -0.3 is 9.15 Å². The topological polar surface area (TPSA) is 35.3 Å². The highest BCUT2D eigenvalue weighted by Crippen LogP contribution is 2.25. The van der Waals surface area contributed by atoms with Crippen LogP contribution in [0, 0.1) is 13.8 Å². The molecule has 2 rings (SSSR count). The average molecular weight is 177 g/mol. The Kier molecular flexibility index (Phi) is 1.72. The molecule has 3 nitrogen and oxygen atoms in total. The normalized spacial score (nSPS) is 10.7. The number of benzene rings is 1. The van der Waals surface area contributed by atoms with Crippen LogP contribution in [0.2, 0.25) is 0 Å². The Morgan fingerprint density at radius 1 is 1.31 bits per heavy atom. The Morgan fingerprint density at radius 3 is 2.77 bits per heavy atom. The minimum absolute atomic E-state index is 0.683. The fraction of sp³-hybridized carbons (Fsp3) is 0.300. The molecule has 0 bridgehead atoms. The molecule has 0 aliphatic heterocycles. The van der Waals surface area contributed by atoms with Crippen molar-refractivity contribution in [1.29, 1.82) is 0 Å². The Hall–Kier alpha value is -1.51. The van der Waals surface area contributed by atoms with Crippen LogP contribution in [-0.2, 0) is 0 Å². The fourth-order valence-electron chi connectivity index (χ4n) is 1.39. The quantitative estimate of drug-likeness (QED) is 0.671. The van der Waals surface area contributed by atoms with Crippen molar-refractivity contribution >= 4 is 11.1 Å². The van der Waals surface area contributed by atoms with Gasteiger partial charge in [-0.25, -0.2) is 4.98 Å². The molecule has 0 fully saturated rings. The molecule has 68 valence electrons. The van der Waals surface area contributed by atoms with Crippen molar-refractivity contribution < 1.29 is 9.15 Å². The van der Waals surface area contributed by atoms with Crippen LogP contribution in [0.1, 0.15) is 11.5 Å². The third-order valence-corrected chi connectivity index (χ3v) is 2.01. The molecule has 0 spiro atoms. The van der Waals surface area contributed by atoms with Crippen LogP contribution in [0.25, 0.3) is 11.1 Å². The molecule has 0 radical (unpaired) electrons. The predicted octanol–water partition coefficient (Wildman–Crippen LogP) is 2.45. The number of fused-ring (bicyclic) bond motifs is 1. The highest BCUT2D eigenvalue weighted by Gasteiger charge is 2.06. The zero-order valence-electron chi connectivity index (χ0n) is 7.92. The first kappa shape index (κ1) is 8.10. The number of rotatable bonds is 1. The highest BCUT2D eigenvalue weighted by atomic mass is 16.5. The van der Waals surface area contributed by atoms with E-state index in [0.29, 0.717) is 5.89 Å². The van der Waals surface area contributed by atoms with Gasteiger partial charge >= 0.3 is 0 Å². The molecule has 0 atom stereocenters. The van der Waals surface area contributed by atoms with Crippen LogP contribution in [0.4, 0.5) is 0 Å². The van der Waals surface area contributed by atoms with Crippen molar-refractivity contribution in [2.45, 2.75) is 13.8 Å². The third-order valence-electron chi connectivity index (χ3n) is 2.01. The summed E-state index contributed by atoms with van der Waals surface area (Å²) in [7, 11) is 1.65. The number of oxazole rings is 1. The van der Waals surface area contributed by atoms with E-state index < -0.39 is 0 Å². The lowest BCUT2D eigenvalue weighted by molar-refractivity contribution is 0.412. The van der Waals surface area contributed by atoms with Crippen molar-refractivity contribution in [2.24, 2.45) is 0 Å². The maximum atomic E-state index is 5.38. The van der Waals surface area contributed by atoms with Gasteiger partial charge in [0.05, 0.1) is 7.11 Å². The lowest BCUT2D eigenvalue weighted by Crippen LogP contribution is -1.86. The minimum Gasteiger partial charge on any atom is -0.496 e. The van der Waals surface area contributed by atoms with Gasteiger partial charge in [0.25, 0.3) is 0 Å². The molecular weight excluding hydrogens is 166 g/mol. The van der Waals surface area contributed by atoms with Crippen molar-refractivity contribution in [3.63, 3.8) is 0 Å². The molecule has 0 N–H and O–H groups in total. The minimum atomic E-state index is 0.683. The van der Waals surface area contributed by atoms with Crippen molar-refractivity contribution in [3.8, 4) is 5.75 Å². The largest absolute Gasteiger partial charge is 0.496 e. The average Bonchev–Trinajstić information content (AvgIpc) is 2.42. The summed E-state index contributed by atoms with van der Waals surface area (Å²) in [5.74, 6) is 1.53. The monoisotopic (exact) mass is 177 g/mol. The third kappa shape index (κ3) is 1.26. The smallest absolute Gasteiger partial charge is 0.192 e. The Morgan fingerprint density at radius 2 is 2.08 bits per heavy atom. The first-order valence-corrected chi connectivity index (χ1v) is 4.12. The van der Waals surface area contributed by atoms with Crippen LogP contribution >= 0.6 is 0 Å². The second kappa shape index (κ2) is 2.76. The van der Waals surface area contributed by atoms with E-state index >= 15 is 0 Å². The summed E-state index contributed by atoms with van der Waals surface area (Å²) < 4.78 is 10.6. The molecule has 0 unspecified atom stereocenters. The summed E-state index contributed by atoms with van der Waals surface area (Å²) in [6.07, 6.45) is 0. The summed E-state index contributed by atoms with van der Waals surface area (Å²) in [6, 6.07) is 3.83. The lowest BCUT2D eigenvalue weighted by atomic mass is 10.2. The van der Waals surface area contributed by atoms with E-state index in [1.807, 2.05) is 26.0 Å². The molecule has 3 heteroatoms.